The zero-order valence-corrected chi connectivity index (χ0v) is 10.0. The van der Waals surface area contributed by atoms with E-state index < -0.39 is 0 Å². The van der Waals surface area contributed by atoms with Crippen LogP contribution < -0.4 is 0 Å². The van der Waals surface area contributed by atoms with Crippen molar-refractivity contribution in [2.75, 3.05) is 19.6 Å². The lowest BCUT2D eigenvalue weighted by Gasteiger charge is -2.26. The van der Waals surface area contributed by atoms with Crippen molar-refractivity contribution in [2.45, 2.75) is 39.5 Å². The van der Waals surface area contributed by atoms with E-state index in [0.29, 0.717) is 0 Å². The van der Waals surface area contributed by atoms with Gasteiger partial charge in [0.05, 0.1) is 0 Å². The van der Waals surface area contributed by atoms with Crippen molar-refractivity contribution in [1.29, 1.82) is 0 Å². The lowest BCUT2D eigenvalue weighted by atomic mass is 10.1. The third kappa shape index (κ3) is 5.12. The molecule has 2 nitrogen and oxygen atoms in total. The van der Waals surface area contributed by atoms with E-state index >= 15 is 0 Å². The van der Waals surface area contributed by atoms with Crippen molar-refractivity contribution < 1.29 is 4.79 Å². The summed E-state index contributed by atoms with van der Waals surface area (Å²) in [4.78, 5) is 13.0. The first-order valence-corrected chi connectivity index (χ1v) is 6.05. The van der Waals surface area contributed by atoms with Gasteiger partial charge in [0.15, 0.2) is 0 Å². The molecule has 1 atom stereocenters. The summed E-state index contributed by atoms with van der Waals surface area (Å²) >= 11 is 0. The van der Waals surface area contributed by atoms with Crippen LogP contribution in [0.4, 0.5) is 0 Å². The van der Waals surface area contributed by atoms with Gasteiger partial charge in [-0.25, -0.2) is 0 Å². The molecular weight excluding hydrogens is 186 g/mol. The van der Waals surface area contributed by atoms with Gasteiger partial charge in [0.1, 0.15) is 6.29 Å². The molecule has 0 saturated carbocycles. The fourth-order valence-electron chi connectivity index (χ4n) is 1.98. The minimum Gasteiger partial charge on any atom is -0.303 e. The maximum absolute atomic E-state index is 10.5. The summed E-state index contributed by atoms with van der Waals surface area (Å²) in [7, 11) is 0. The summed E-state index contributed by atoms with van der Waals surface area (Å²) in [5.41, 5.74) is 1.41. The van der Waals surface area contributed by atoms with E-state index in [-0.39, 0.29) is 5.92 Å². The summed E-state index contributed by atoms with van der Waals surface area (Å²) in [6, 6.07) is 0. The van der Waals surface area contributed by atoms with Crippen LogP contribution in [0.1, 0.15) is 39.5 Å². The van der Waals surface area contributed by atoms with Gasteiger partial charge in [-0.1, -0.05) is 25.0 Å². The third-order valence-electron chi connectivity index (χ3n) is 2.99. The number of nitrogens with zero attached hydrogens (tertiary/aromatic N) is 1. The highest BCUT2D eigenvalue weighted by atomic mass is 16.1. The smallest absolute Gasteiger partial charge is 0.123 e. The summed E-state index contributed by atoms with van der Waals surface area (Å²) < 4.78 is 0. The van der Waals surface area contributed by atoms with Gasteiger partial charge in [-0.3, -0.25) is 4.90 Å². The van der Waals surface area contributed by atoms with Crippen LogP contribution in [-0.4, -0.2) is 30.8 Å². The highest BCUT2D eigenvalue weighted by Gasteiger charge is 2.09. The van der Waals surface area contributed by atoms with Crippen molar-refractivity contribution in [3.8, 4) is 0 Å². The van der Waals surface area contributed by atoms with Gasteiger partial charge in [0, 0.05) is 12.5 Å². The zero-order valence-electron chi connectivity index (χ0n) is 10.0. The van der Waals surface area contributed by atoms with E-state index in [9.17, 15) is 4.79 Å². The molecule has 0 aromatic carbocycles. The Kier molecular flexibility index (Phi) is 5.62. The molecule has 86 valence electrons. The Morgan fingerprint density at radius 1 is 1.33 bits per heavy atom. The SMILES string of the molecule is C/C(=C\CC(C)C=O)CN1CCCCC1. The van der Waals surface area contributed by atoms with Crippen molar-refractivity contribution in [1.82, 2.24) is 4.90 Å². The molecule has 0 radical (unpaired) electrons. The molecule has 1 rings (SSSR count). The fraction of sp³-hybridized carbons (Fsp3) is 0.769. The number of piperidine rings is 1. The van der Waals surface area contributed by atoms with Crippen molar-refractivity contribution >= 4 is 6.29 Å². The molecule has 0 bridgehead atoms. The summed E-state index contributed by atoms with van der Waals surface area (Å²) in [6.07, 6.45) is 8.22. The summed E-state index contributed by atoms with van der Waals surface area (Å²) in [5, 5.41) is 0. The average Bonchev–Trinajstić information content (AvgIpc) is 2.27. The van der Waals surface area contributed by atoms with Crippen molar-refractivity contribution in [3.63, 3.8) is 0 Å². The molecular formula is C13H23NO. The lowest BCUT2D eigenvalue weighted by molar-refractivity contribution is -0.110. The Balaban J connectivity index is 2.26. The molecule has 2 heteroatoms. The molecule has 0 aliphatic carbocycles. The molecule has 1 aliphatic heterocycles. The van der Waals surface area contributed by atoms with Crippen LogP contribution in [0.3, 0.4) is 0 Å². The Morgan fingerprint density at radius 2 is 2.00 bits per heavy atom. The van der Waals surface area contributed by atoms with E-state index in [4.69, 9.17) is 0 Å². The molecule has 0 amide bonds. The number of carbonyl (C=O) groups excluding carboxylic acids is 1. The van der Waals surface area contributed by atoms with Gasteiger partial charge < -0.3 is 4.79 Å². The summed E-state index contributed by atoms with van der Waals surface area (Å²) in [6.45, 7) is 7.72. The first-order chi connectivity index (χ1) is 7.22. The van der Waals surface area contributed by atoms with E-state index in [2.05, 4.69) is 17.9 Å². The first-order valence-electron chi connectivity index (χ1n) is 6.05. The number of carbonyl (C=O) groups is 1. The predicted molar refractivity (Wildman–Crippen MR) is 63.9 cm³/mol. The van der Waals surface area contributed by atoms with Gasteiger partial charge in [-0.2, -0.15) is 0 Å². The Labute approximate surface area is 93.3 Å². The highest BCUT2D eigenvalue weighted by molar-refractivity contribution is 5.53. The van der Waals surface area contributed by atoms with Gasteiger partial charge in [-0.05, 0) is 39.3 Å². The molecule has 1 fully saturated rings. The highest BCUT2D eigenvalue weighted by Crippen LogP contribution is 2.11. The quantitative estimate of drug-likeness (QED) is 0.512. The first kappa shape index (κ1) is 12.4. The Morgan fingerprint density at radius 3 is 2.60 bits per heavy atom. The van der Waals surface area contributed by atoms with E-state index in [1.807, 2.05) is 6.92 Å². The lowest BCUT2D eigenvalue weighted by Crippen LogP contribution is -2.31. The number of hydrogen-bond acceptors (Lipinski definition) is 2. The third-order valence-corrected chi connectivity index (χ3v) is 2.99. The minimum atomic E-state index is 0.168. The maximum atomic E-state index is 10.5. The van der Waals surface area contributed by atoms with Crippen LogP contribution in [0.15, 0.2) is 11.6 Å². The van der Waals surface area contributed by atoms with Crippen LogP contribution in [0.2, 0.25) is 0 Å². The van der Waals surface area contributed by atoms with E-state index in [1.165, 1.54) is 37.9 Å². The number of likely N-dealkylation sites (tertiary alicyclic amines) is 1. The van der Waals surface area contributed by atoms with Gasteiger partial charge in [0.2, 0.25) is 0 Å². The molecule has 0 aromatic rings. The van der Waals surface area contributed by atoms with Gasteiger partial charge in [-0.15, -0.1) is 0 Å². The molecule has 1 unspecified atom stereocenters. The van der Waals surface area contributed by atoms with Crippen LogP contribution >= 0.6 is 0 Å². The average molecular weight is 209 g/mol. The second-order valence-corrected chi connectivity index (χ2v) is 4.74. The Bertz CT molecular complexity index is 217. The number of hydrogen-bond donors (Lipinski definition) is 0. The second kappa shape index (κ2) is 6.78. The van der Waals surface area contributed by atoms with Crippen LogP contribution in [-0.2, 0) is 4.79 Å². The molecule has 1 aliphatic rings. The van der Waals surface area contributed by atoms with Gasteiger partial charge in [0.25, 0.3) is 0 Å². The minimum absolute atomic E-state index is 0.168. The topological polar surface area (TPSA) is 20.3 Å². The standard InChI is InChI=1S/C13H23NO/c1-12(6-7-13(2)11-15)10-14-8-4-3-5-9-14/h6,11,13H,3-5,7-10H2,1-2H3/b12-6+. The molecule has 0 spiro atoms. The maximum Gasteiger partial charge on any atom is 0.123 e. The molecule has 0 aromatic heterocycles. The van der Waals surface area contributed by atoms with Crippen LogP contribution in [0.5, 0.6) is 0 Å². The van der Waals surface area contributed by atoms with E-state index in [0.717, 1.165) is 19.3 Å². The van der Waals surface area contributed by atoms with Crippen LogP contribution in [0.25, 0.3) is 0 Å². The fourth-order valence-corrected chi connectivity index (χ4v) is 1.98. The second-order valence-electron chi connectivity index (χ2n) is 4.74. The Hall–Kier alpha value is -0.630. The van der Waals surface area contributed by atoms with Crippen molar-refractivity contribution in [2.24, 2.45) is 5.92 Å². The number of rotatable bonds is 5. The normalized spacial score (nSPS) is 21.3. The van der Waals surface area contributed by atoms with Gasteiger partial charge >= 0.3 is 0 Å². The molecule has 1 heterocycles. The predicted octanol–water partition coefficient (Wildman–Crippen LogP) is 2.64. The van der Waals surface area contributed by atoms with Crippen molar-refractivity contribution in [3.05, 3.63) is 11.6 Å². The number of allylic oxidation sites excluding steroid dienone is 1. The van der Waals surface area contributed by atoms with Crippen LogP contribution in [0, 0.1) is 5.92 Å². The molecule has 1 saturated heterocycles. The van der Waals surface area contributed by atoms with E-state index in [1.54, 1.807) is 0 Å². The largest absolute Gasteiger partial charge is 0.303 e. The monoisotopic (exact) mass is 209 g/mol. The number of aldehydes is 1. The molecule has 15 heavy (non-hydrogen) atoms. The zero-order chi connectivity index (χ0) is 11.1. The summed E-state index contributed by atoms with van der Waals surface area (Å²) in [5.74, 6) is 0.168. The molecule has 0 N–H and O–H groups in total.